The number of ether oxygens (including phenoxy) is 1. The number of pyridine rings is 1. The van der Waals surface area contributed by atoms with Gasteiger partial charge in [0.05, 0.1) is 5.60 Å². The van der Waals surface area contributed by atoms with Crippen LogP contribution in [0.2, 0.25) is 0 Å². The molecule has 1 aromatic rings. The number of aryl methyl sites for hydroxylation is 2. The number of hydrogen-bond donors (Lipinski definition) is 2. The molecule has 2 aliphatic rings. The molecule has 0 aromatic carbocycles. The Morgan fingerprint density at radius 2 is 2.05 bits per heavy atom. The van der Waals surface area contributed by atoms with E-state index in [4.69, 9.17) is 10.6 Å². The Balaban J connectivity index is 1.81. The predicted octanol–water partition coefficient (Wildman–Crippen LogP) is 2.55. The molecule has 3 rings (SSSR count). The molecule has 0 bridgehead atoms. The van der Waals surface area contributed by atoms with E-state index in [1.54, 1.807) is 0 Å². The molecule has 1 spiro atoms. The molecule has 2 atom stereocenters. The summed E-state index contributed by atoms with van der Waals surface area (Å²) in [7, 11) is 0. The zero-order valence-electron chi connectivity index (χ0n) is 12.5. The minimum Gasteiger partial charge on any atom is -0.375 e. The van der Waals surface area contributed by atoms with Gasteiger partial charge >= 0.3 is 0 Å². The van der Waals surface area contributed by atoms with E-state index in [1.807, 2.05) is 13.8 Å². The lowest BCUT2D eigenvalue weighted by atomic mass is 9.70. The van der Waals surface area contributed by atoms with E-state index >= 15 is 0 Å². The number of nitrogens with one attached hydrogen (secondary N) is 1. The molecule has 3 N–H and O–H groups in total. The third-order valence-corrected chi connectivity index (χ3v) is 4.91. The molecule has 110 valence electrons. The van der Waals surface area contributed by atoms with E-state index in [1.165, 1.54) is 24.8 Å². The molecule has 1 aliphatic carbocycles. The van der Waals surface area contributed by atoms with Gasteiger partial charge in [0.1, 0.15) is 0 Å². The lowest BCUT2D eigenvalue weighted by Crippen LogP contribution is -2.48. The van der Waals surface area contributed by atoms with Gasteiger partial charge in [-0.05, 0) is 69.6 Å². The topological polar surface area (TPSA) is 60.2 Å². The number of aromatic nitrogens is 1. The fourth-order valence-corrected chi connectivity index (χ4v) is 3.82. The number of hydrogen-bond acceptors (Lipinski definition) is 4. The van der Waals surface area contributed by atoms with Gasteiger partial charge in [0.15, 0.2) is 0 Å². The second kappa shape index (κ2) is 5.43. The molecule has 2 fully saturated rings. The third kappa shape index (κ3) is 2.60. The second-order valence-corrected chi connectivity index (χ2v) is 6.47. The van der Waals surface area contributed by atoms with E-state index in [9.17, 15) is 0 Å². The van der Waals surface area contributed by atoms with Crippen LogP contribution in [0.25, 0.3) is 0 Å². The van der Waals surface area contributed by atoms with Gasteiger partial charge in [0, 0.05) is 24.0 Å². The Hall–Kier alpha value is -0.970. The van der Waals surface area contributed by atoms with Crippen molar-refractivity contribution in [1.29, 1.82) is 0 Å². The minimum atomic E-state index is 0.162. The van der Waals surface area contributed by atoms with Crippen LogP contribution in [-0.4, -0.2) is 17.2 Å². The lowest BCUT2D eigenvalue weighted by molar-refractivity contribution is -0.147. The quantitative estimate of drug-likeness (QED) is 0.657. The summed E-state index contributed by atoms with van der Waals surface area (Å²) in [4.78, 5) is 4.46. The van der Waals surface area contributed by atoms with Crippen LogP contribution >= 0.6 is 0 Å². The Morgan fingerprint density at radius 1 is 1.35 bits per heavy atom. The number of rotatable bonds is 3. The van der Waals surface area contributed by atoms with Crippen LogP contribution in [0, 0.1) is 19.8 Å². The first-order valence-corrected chi connectivity index (χ1v) is 7.67. The van der Waals surface area contributed by atoms with Crippen molar-refractivity contribution in [2.75, 3.05) is 6.61 Å². The summed E-state index contributed by atoms with van der Waals surface area (Å²) in [6, 6.07) is 4.51. The summed E-state index contributed by atoms with van der Waals surface area (Å²) < 4.78 is 6.03. The van der Waals surface area contributed by atoms with Crippen molar-refractivity contribution in [1.82, 2.24) is 10.4 Å². The predicted molar refractivity (Wildman–Crippen MR) is 79.0 cm³/mol. The smallest absolute Gasteiger partial charge is 0.0686 e. The van der Waals surface area contributed by atoms with Gasteiger partial charge in [-0.2, -0.15) is 0 Å². The molecule has 2 heterocycles. The maximum absolute atomic E-state index is 6.03. The Morgan fingerprint density at radius 3 is 2.60 bits per heavy atom. The number of nitrogens with two attached hydrogens (primary N) is 1. The van der Waals surface area contributed by atoms with Crippen molar-refractivity contribution in [2.24, 2.45) is 11.8 Å². The highest BCUT2D eigenvalue weighted by molar-refractivity contribution is 5.24. The van der Waals surface area contributed by atoms with E-state index < -0.39 is 0 Å². The molecule has 1 aromatic heterocycles. The molecule has 1 saturated heterocycles. The van der Waals surface area contributed by atoms with E-state index in [0.29, 0.717) is 5.92 Å². The SMILES string of the molecule is Cc1cc(C(NN)C2CCOC3(CCC3)C2)cc(C)n1. The zero-order chi connectivity index (χ0) is 14.2. The second-order valence-electron chi connectivity index (χ2n) is 6.47. The van der Waals surface area contributed by atoms with Crippen molar-refractivity contribution in [3.05, 3.63) is 29.1 Å². The van der Waals surface area contributed by atoms with Crippen molar-refractivity contribution in [3.63, 3.8) is 0 Å². The normalized spacial score (nSPS) is 26.2. The molecule has 20 heavy (non-hydrogen) atoms. The van der Waals surface area contributed by atoms with Crippen molar-refractivity contribution in [2.45, 2.75) is 57.6 Å². The van der Waals surface area contributed by atoms with Crippen molar-refractivity contribution < 1.29 is 4.74 Å². The van der Waals surface area contributed by atoms with Crippen molar-refractivity contribution in [3.8, 4) is 0 Å². The first-order chi connectivity index (χ1) is 9.62. The van der Waals surface area contributed by atoms with Crippen molar-refractivity contribution >= 4 is 0 Å². The van der Waals surface area contributed by atoms with E-state index in [2.05, 4.69) is 22.5 Å². The lowest BCUT2D eigenvalue weighted by Gasteiger charge is -2.48. The molecular formula is C16H25N3O. The van der Waals surface area contributed by atoms with E-state index in [-0.39, 0.29) is 11.6 Å². The molecule has 4 nitrogen and oxygen atoms in total. The molecular weight excluding hydrogens is 250 g/mol. The maximum Gasteiger partial charge on any atom is 0.0686 e. The molecule has 0 amide bonds. The fraction of sp³-hybridized carbons (Fsp3) is 0.688. The van der Waals surface area contributed by atoms with Crippen LogP contribution in [-0.2, 0) is 4.74 Å². The third-order valence-electron chi connectivity index (χ3n) is 4.91. The minimum absolute atomic E-state index is 0.162. The first kappa shape index (κ1) is 14.0. The van der Waals surface area contributed by atoms with Crippen LogP contribution < -0.4 is 11.3 Å². The summed E-state index contributed by atoms with van der Waals surface area (Å²) in [5.74, 6) is 6.42. The Bertz CT molecular complexity index is 464. The van der Waals surface area contributed by atoms with Crippen LogP contribution in [0.5, 0.6) is 0 Å². The van der Waals surface area contributed by atoms with Gasteiger partial charge in [-0.1, -0.05) is 0 Å². The van der Waals surface area contributed by atoms with Crippen LogP contribution in [0.4, 0.5) is 0 Å². The molecule has 4 heteroatoms. The highest BCUT2D eigenvalue weighted by Crippen LogP contribution is 2.47. The van der Waals surface area contributed by atoms with Gasteiger partial charge < -0.3 is 4.74 Å². The first-order valence-electron chi connectivity index (χ1n) is 7.67. The van der Waals surface area contributed by atoms with E-state index in [0.717, 1.165) is 30.8 Å². The molecule has 1 aliphatic heterocycles. The van der Waals surface area contributed by atoms with Crippen LogP contribution in [0.15, 0.2) is 12.1 Å². The Labute approximate surface area is 121 Å². The zero-order valence-corrected chi connectivity index (χ0v) is 12.5. The van der Waals surface area contributed by atoms with Gasteiger partial charge in [-0.25, -0.2) is 0 Å². The Kier molecular flexibility index (Phi) is 3.80. The molecule has 0 radical (unpaired) electrons. The summed E-state index contributed by atoms with van der Waals surface area (Å²) in [6.07, 6.45) is 5.95. The summed E-state index contributed by atoms with van der Waals surface area (Å²) in [5.41, 5.74) is 6.59. The molecule has 1 saturated carbocycles. The average molecular weight is 275 g/mol. The van der Waals surface area contributed by atoms with Gasteiger partial charge in [-0.3, -0.25) is 16.3 Å². The fourth-order valence-electron chi connectivity index (χ4n) is 3.82. The largest absolute Gasteiger partial charge is 0.375 e. The monoisotopic (exact) mass is 275 g/mol. The maximum atomic E-state index is 6.03. The van der Waals surface area contributed by atoms with Gasteiger partial charge in [0.2, 0.25) is 0 Å². The summed E-state index contributed by atoms with van der Waals surface area (Å²) in [5, 5.41) is 0. The standard InChI is InChI=1S/C16H25N3O/c1-11-8-14(9-12(2)18-11)15(19-17)13-4-7-20-16(10-13)5-3-6-16/h8-9,13,15,19H,3-7,10,17H2,1-2H3. The number of nitrogens with zero attached hydrogens (tertiary/aromatic N) is 1. The van der Waals surface area contributed by atoms with Gasteiger partial charge in [-0.15, -0.1) is 0 Å². The average Bonchev–Trinajstić information content (AvgIpc) is 2.37. The highest BCUT2D eigenvalue weighted by Gasteiger charge is 2.44. The molecule has 2 unspecified atom stereocenters. The van der Waals surface area contributed by atoms with Crippen LogP contribution in [0.1, 0.15) is 55.1 Å². The highest BCUT2D eigenvalue weighted by atomic mass is 16.5. The summed E-state index contributed by atoms with van der Waals surface area (Å²) >= 11 is 0. The summed E-state index contributed by atoms with van der Waals surface area (Å²) in [6.45, 7) is 4.95. The number of hydrazine groups is 1. The van der Waals surface area contributed by atoms with Crippen LogP contribution in [0.3, 0.4) is 0 Å². The van der Waals surface area contributed by atoms with Gasteiger partial charge in [0.25, 0.3) is 0 Å².